The molecule has 2 aromatic heterocycles. The monoisotopic (exact) mass is 369 g/mol. The van der Waals surface area contributed by atoms with Gasteiger partial charge in [-0.1, -0.05) is 37.6 Å². The molecule has 0 saturated carbocycles. The summed E-state index contributed by atoms with van der Waals surface area (Å²) in [6, 6.07) is 12.9. The molecule has 0 atom stereocenters. The van der Waals surface area contributed by atoms with Crippen molar-refractivity contribution in [1.29, 1.82) is 0 Å². The number of pyridine rings is 1. The Kier molecular flexibility index (Phi) is 4.91. The second-order valence-corrected chi connectivity index (χ2v) is 5.98. The fraction of sp³-hybridized carbons (Fsp3) is 0.150. The molecule has 4 rings (SSSR count). The van der Waals surface area contributed by atoms with Crippen LogP contribution in [-0.4, -0.2) is 17.1 Å². The Morgan fingerprint density at radius 2 is 1.81 bits per heavy atom. The molecule has 2 heterocycles. The lowest BCUT2D eigenvalue weighted by Crippen LogP contribution is -2.13. The van der Waals surface area contributed by atoms with Crippen molar-refractivity contribution in [3.8, 4) is 16.9 Å². The van der Waals surface area contributed by atoms with E-state index >= 15 is 0 Å². The van der Waals surface area contributed by atoms with E-state index in [-0.39, 0.29) is 11.2 Å². The standard InChI is InChI=1S/C18H14ClN3O2.C2H6/c1-24-11-4-2-3-9(7-11)14-15(20)18(23)22-16-12-8-10(19)5-6-13(12)21-17(14)16;1-2/h2-8,21H,20H2,1H3,(H,22,23);1-2H3. The number of rotatable bonds is 2. The average molecular weight is 370 g/mol. The fourth-order valence-corrected chi connectivity index (χ4v) is 3.16. The van der Waals surface area contributed by atoms with E-state index in [2.05, 4.69) is 9.97 Å². The zero-order valence-electron chi connectivity index (χ0n) is 14.8. The van der Waals surface area contributed by atoms with Gasteiger partial charge in [0.25, 0.3) is 5.56 Å². The van der Waals surface area contributed by atoms with Crippen molar-refractivity contribution in [3.63, 3.8) is 0 Å². The first-order chi connectivity index (χ1) is 12.6. The van der Waals surface area contributed by atoms with E-state index in [0.29, 0.717) is 21.9 Å². The number of nitrogens with two attached hydrogens (primary N) is 1. The van der Waals surface area contributed by atoms with Crippen molar-refractivity contribution >= 4 is 39.2 Å². The van der Waals surface area contributed by atoms with Crippen LogP contribution in [0.15, 0.2) is 47.3 Å². The molecule has 5 nitrogen and oxygen atoms in total. The third kappa shape index (κ3) is 2.91. The third-order valence-electron chi connectivity index (χ3n) is 4.12. The van der Waals surface area contributed by atoms with E-state index in [0.717, 1.165) is 22.0 Å². The zero-order chi connectivity index (χ0) is 18.8. The van der Waals surface area contributed by atoms with Gasteiger partial charge in [0.1, 0.15) is 11.4 Å². The van der Waals surface area contributed by atoms with E-state index in [1.54, 1.807) is 13.2 Å². The molecule has 0 radical (unpaired) electrons. The van der Waals surface area contributed by atoms with Gasteiger partial charge in [0.05, 0.1) is 18.1 Å². The van der Waals surface area contributed by atoms with Crippen LogP contribution in [0.4, 0.5) is 5.69 Å². The highest BCUT2D eigenvalue weighted by Gasteiger charge is 2.16. The second kappa shape index (κ2) is 7.14. The molecule has 0 aliphatic carbocycles. The molecule has 0 saturated heterocycles. The maximum absolute atomic E-state index is 12.3. The normalized spacial score (nSPS) is 10.6. The zero-order valence-corrected chi connectivity index (χ0v) is 15.6. The Hall–Kier alpha value is -2.92. The lowest BCUT2D eigenvalue weighted by atomic mass is 10.0. The molecule has 0 aliphatic rings. The van der Waals surface area contributed by atoms with E-state index in [9.17, 15) is 4.79 Å². The van der Waals surface area contributed by atoms with Crippen molar-refractivity contribution in [1.82, 2.24) is 9.97 Å². The Labute approximate surface area is 155 Å². The molecule has 2 aromatic carbocycles. The molecular weight excluding hydrogens is 350 g/mol. The van der Waals surface area contributed by atoms with Gasteiger partial charge >= 0.3 is 0 Å². The van der Waals surface area contributed by atoms with Crippen LogP contribution in [0.1, 0.15) is 13.8 Å². The molecule has 0 unspecified atom stereocenters. The number of benzene rings is 2. The van der Waals surface area contributed by atoms with Gasteiger partial charge in [-0.2, -0.15) is 0 Å². The minimum absolute atomic E-state index is 0.161. The van der Waals surface area contributed by atoms with Gasteiger partial charge in [0, 0.05) is 21.5 Å². The quantitative estimate of drug-likeness (QED) is 0.467. The Morgan fingerprint density at radius 3 is 2.54 bits per heavy atom. The van der Waals surface area contributed by atoms with Gasteiger partial charge in [0.2, 0.25) is 0 Å². The highest BCUT2D eigenvalue weighted by molar-refractivity contribution is 6.31. The maximum Gasteiger partial charge on any atom is 0.272 e. The number of halogens is 1. The molecule has 4 N–H and O–H groups in total. The second-order valence-electron chi connectivity index (χ2n) is 5.54. The van der Waals surface area contributed by atoms with Crippen molar-refractivity contribution in [3.05, 3.63) is 57.8 Å². The Morgan fingerprint density at radius 1 is 1.04 bits per heavy atom. The predicted molar refractivity (Wildman–Crippen MR) is 109 cm³/mol. The molecule has 134 valence electrons. The van der Waals surface area contributed by atoms with E-state index in [1.807, 2.05) is 50.2 Å². The number of fused-ring (bicyclic) bond motifs is 3. The smallest absolute Gasteiger partial charge is 0.272 e. The first-order valence-corrected chi connectivity index (χ1v) is 8.73. The molecule has 0 aliphatic heterocycles. The Bertz CT molecular complexity index is 1150. The average Bonchev–Trinajstić information content (AvgIpc) is 3.01. The molecular formula is C20H20ClN3O2. The number of anilines is 1. The minimum atomic E-state index is -0.332. The summed E-state index contributed by atoms with van der Waals surface area (Å²) < 4.78 is 5.28. The van der Waals surface area contributed by atoms with Crippen LogP contribution in [0.5, 0.6) is 5.75 Å². The number of hydrogen-bond acceptors (Lipinski definition) is 3. The van der Waals surface area contributed by atoms with Crippen molar-refractivity contribution < 1.29 is 4.74 Å². The SMILES string of the molecule is CC.COc1cccc(-c2c(N)c(=O)[nH]c3c2[nH]c2ccc(Cl)cc23)c1. The van der Waals surface area contributed by atoms with Crippen LogP contribution < -0.4 is 16.0 Å². The number of ether oxygens (including phenoxy) is 1. The molecule has 0 spiro atoms. The number of aromatic amines is 2. The summed E-state index contributed by atoms with van der Waals surface area (Å²) in [7, 11) is 1.60. The van der Waals surface area contributed by atoms with Crippen LogP contribution >= 0.6 is 11.6 Å². The highest BCUT2D eigenvalue weighted by Crippen LogP contribution is 2.36. The molecule has 0 fully saturated rings. The van der Waals surface area contributed by atoms with Gasteiger partial charge in [-0.05, 0) is 35.9 Å². The van der Waals surface area contributed by atoms with E-state index in [1.165, 1.54) is 0 Å². The topological polar surface area (TPSA) is 83.9 Å². The van der Waals surface area contributed by atoms with Gasteiger partial charge < -0.3 is 20.4 Å². The summed E-state index contributed by atoms with van der Waals surface area (Å²) in [5, 5.41) is 1.45. The first-order valence-electron chi connectivity index (χ1n) is 8.35. The number of nitrogen functional groups attached to an aromatic ring is 1. The third-order valence-corrected chi connectivity index (χ3v) is 4.36. The first kappa shape index (κ1) is 17.9. The molecule has 26 heavy (non-hydrogen) atoms. The summed E-state index contributed by atoms with van der Waals surface area (Å²) in [6.45, 7) is 4.00. The van der Waals surface area contributed by atoms with Gasteiger partial charge in [-0.25, -0.2) is 0 Å². The number of methoxy groups -OCH3 is 1. The van der Waals surface area contributed by atoms with E-state index < -0.39 is 0 Å². The van der Waals surface area contributed by atoms with Gasteiger partial charge in [-0.15, -0.1) is 0 Å². The molecule has 0 bridgehead atoms. The molecule has 0 amide bonds. The largest absolute Gasteiger partial charge is 0.497 e. The van der Waals surface area contributed by atoms with Crippen LogP contribution in [0, 0.1) is 0 Å². The van der Waals surface area contributed by atoms with Gasteiger partial charge in [-0.3, -0.25) is 4.79 Å². The van der Waals surface area contributed by atoms with Crippen molar-refractivity contribution in [2.45, 2.75) is 13.8 Å². The highest BCUT2D eigenvalue weighted by atomic mass is 35.5. The van der Waals surface area contributed by atoms with Crippen LogP contribution in [0.3, 0.4) is 0 Å². The summed E-state index contributed by atoms with van der Waals surface area (Å²) in [4.78, 5) is 18.5. The maximum atomic E-state index is 12.3. The van der Waals surface area contributed by atoms with Crippen LogP contribution in [0.2, 0.25) is 5.02 Å². The summed E-state index contributed by atoms with van der Waals surface area (Å²) in [5.74, 6) is 0.694. The minimum Gasteiger partial charge on any atom is -0.497 e. The summed E-state index contributed by atoms with van der Waals surface area (Å²) in [5.41, 5.74) is 9.70. The number of aromatic nitrogens is 2. The summed E-state index contributed by atoms with van der Waals surface area (Å²) >= 11 is 6.10. The number of hydrogen-bond donors (Lipinski definition) is 3. The Balaban J connectivity index is 0.000000948. The van der Waals surface area contributed by atoms with Gasteiger partial charge in [0.15, 0.2) is 0 Å². The lowest BCUT2D eigenvalue weighted by molar-refractivity contribution is 0.415. The van der Waals surface area contributed by atoms with Crippen molar-refractivity contribution in [2.75, 3.05) is 12.8 Å². The molecule has 4 aromatic rings. The molecule has 6 heteroatoms. The van der Waals surface area contributed by atoms with Crippen LogP contribution in [0.25, 0.3) is 33.1 Å². The predicted octanol–water partition coefficient (Wildman–Crippen LogP) is 4.95. The van der Waals surface area contributed by atoms with Crippen LogP contribution in [-0.2, 0) is 0 Å². The van der Waals surface area contributed by atoms with Crippen molar-refractivity contribution in [2.24, 2.45) is 0 Å². The summed E-state index contributed by atoms with van der Waals surface area (Å²) in [6.07, 6.45) is 0. The van der Waals surface area contributed by atoms with E-state index in [4.69, 9.17) is 22.1 Å². The lowest BCUT2D eigenvalue weighted by Gasteiger charge is -2.09. The number of H-pyrrole nitrogens is 2. The fourth-order valence-electron chi connectivity index (χ4n) is 2.99. The number of nitrogens with one attached hydrogen (secondary N) is 2.